The highest BCUT2D eigenvalue weighted by molar-refractivity contribution is 7.92. The molecule has 3 heterocycles. The van der Waals surface area contributed by atoms with E-state index in [4.69, 9.17) is 0 Å². The Balaban J connectivity index is 1.43. The first-order chi connectivity index (χ1) is 18.7. The van der Waals surface area contributed by atoms with Gasteiger partial charge in [-0.25, -0.2) is 8.42 Å². The minimum atomic E-state index is -3.97. The van der Waals surface area contributed by atoms with Gasteiger partial charge < -0.3 is 15.5 Å². The Morgan fingerprint density at radius 3 is 2.41 bits per heavy atom. The van der Waals surface area contributed by atoms with Crippen LogP contribution in [-0.2, 0) is 19.4 Å². The van der Waals surface area contributed by atoms with Gasteiger partial charge in [0.25, 0.3) is 5.91 Å². The van der Waals surface area contributed by atoms with E-state index in [9.17, 15) is 22.8 Å². The van der Waals surface area contributed by atoms with E-state index < -0.39 is 45.2 Å². The van der Waals surface area contributed by atoms with Crippen LogP contribution in [-0.4, -0.2) is 61.0 Å². The number of hydrogen-bond donors (Lipinski definition) is 2. The van der Waals surface area contributed by atoms with Crippen molar-refractivity contribution in [3.8, 4) is 10.4 Å². The third-order valence-corrected chi connectivity index (χ3v) is 10.2. The van der Waals surface area contributed by atoms with Crippen molar-refractivity contribution in [3.05, 3.63) is 77.7 Å². The lowest BCUT2D eigenvalue weighted by atomic mass is 10.0. The molecule has 3 aromatic rings. The van der Waals surface area contributed by atoms with Crippen LogP contribution in [0.25, 0.3) is 10.4 Å². The molecule has 0 saturated carbocycles. The van der Waals surface area contributed by atoms with E-state index in [0.29, 0.717) is 12.0 Å². The Kier molecular flexibility index (Phi) is 7.70. The van der Waals surface area contributed by atoms with Crippen molar-refractivity contribution in [1.29, 1.82) is 0 Å². The van der Waals surface area contributed by atoms with Crippen LogP contribution in [0.2, 0.25) is 0 Å². The predicted octanol–water partition coefficient (Wildman–Crippen LogP) is 3.50. The molecule has 0 radical (unpaired) electrons. The summed E-state index contributed by atoms with van der Waals surface area (Å²) in [5, 5.41) is 6.69. The molecule has 2 saturated heterocycles. The van der Waals surface area contributed by atoms with Crippen LogP contribution in [0, 0.1) is 5.92 Å². The molecular formula is C29H31N3O5S2. The molecule has 4 unspecified atom stereocenters. The number of amides is 2. The molecule has 2 aromatic carbocycles. The minimum absolute atomic E-state index is 0.0282. The van der Waals surface area contributed by atoms with Crippen LogP contribution in [0.1, 0.15) is 37.0 Å². The number of rotatable bonds is 8. The van der Waals surface area contributed by atoms with Crippen molar-refractivity contribution >= 4 is 38.8 Å². The van der Waals surface area contributed by atoms with Crippen molar-refractivity contribution in [2.24, 2.45) is 5.92 Å². The van der Waals surface area contributed by atoms with E-state index in [1.165, 1.54) is 17.0 Å². The summed E-state index contributed by atoms with van der Waals surface area (Å²) in [7, 11) is -3.97. The zero-order valence-corrected chi connectivity index (χ0v) is 23.4. The lowest BCUT2D eigenvalue weighted by molar-refractivity contribution is -0.139. The number of thiophene rings is 1. The van der Waals surface area contributed by atoms with Crippen LogP contribution in [0.5, 0.6) is 0 Å². The highest BCUT2D eigenvalue weighted by Gasteiger charge is 2.55. The van der Waals surface area contributed by atoms with Gasteiger partial charge in [0.2, 0.25) is 5.91 Å². The van der Waals surface area contributed by atoms with Crippen LogP contribution >= 0.6 is 11.3 Å². The van der Waals surface area contributed by atoms with Crippen molar-refractivity contribution in [1.82, 2.24) is 15.5 Å². The SMILES string of the molecule is CC(C)CC(NC(=O)c1ccc(-c2cccs2)cc1)C(=O)N1C2C(=O)CNC2CC1S(=O)(=O)c1ccccc1. The average Bonchev–Trinajstić information content (AvgIpc) is 3.67. The van der Waals surface area contributed by atoms with E-state index in [1.807, 2.05) is 43.5 Å². The van der Waals surface area contributed by atoms with E-state index in [1.54, 1.807) is 41.7 Å². The lowest BCUT2D eigenvalue weighted by Crippen LogP contribution is -2.56. The Hall–Kier alpha value is -3.34. The highest BCUT2D eigenvalue weighted by Crippen LogP contribution is 2.35. The molecule has 2 aliphatic rings. The van der Waals surface area contributed by atoms with Gasteiger partial charge >= 0.3 is 0 Å². The fourth-order valence-electron chi connectivity index (χ4n) is 5.41. The fourth-order valence-corrected chi connectivity index (χ4v) is 7.99. The molecule has 204 valence electrons. The number of carbonyl (C=O) groups excluding carboxylic acids is 3. The molecule has 2 aliphatic heterocycles. The minimum Gasteiger partial charge on any atom is -0.340 e. The number of hydrogen-bond acceptors (Lipinski definition) is 7. The van der Waals surface area contributed by atoms with Gasteiger partial charge in [0.1, 0.15) is 17.5 Å². The second kappa shape index (κ2) is 11.0. The van der Waals surface area contributed by atoms with Crippen LogP contribution in [0.4, 0.5) is 0 Å². The maximum atomic E-state index is 14.1. The van der Waals surface area contributed by atoms with Crippen molar-refractivity contribution in [2.75, 3.05) is 6.54 Å². The number of nitrogens with one attached hydrogen (secondary N) is 2. The van der Waals surface area contributed by atoms with Gasteiger partial charge in [-0.05, 0) is 53.6 Å². The number of carbonyl (C=O) groups is 3. The molecule has 0 spiro atoms. The average molecular weight is 566 g/mol. The summed E-state index contributed by atoms with van der Waals surface area (Å²) in [6.07, 6.45) is 0.400. The zero-order valence-electron chi connectivity index (χ0n) is 21.7. The monoisotopic (exact) mass is 565 g/mol. The maximum absolute atomic E-state index is 14.1. The molecule has 2 N–H and O–H groups in total. The first-order valence-electron chi connectivity index (χ1n) is 13.0. The Bertz CT molecular complexity index is 1450. The molecule has 4 atom stereocenters. The van der Waals surface area contributed by atoms with Crippen molar-refractivity contribution < 1.29 is 22.8 Å². The lowest BCUT2D eigenvalue weighted by Gasteiger charge is -2.32. The molecule has 2 amide bonds. The first kappa shape index (κ1) is 27.2. The summed E-state index contributed by atoms with van der Waals surface area (Å²) < 4.78 is 27.4. The highest BCUT2D eigenvalue weighted by atomic mass is 32.2. The number of fused-ring (bicyclic) bond motifs is 1. The normalized spacial score (nSPS) is 21.7. The largest absolute Gasteiger partial charge is 0.340 e. The topological polar surface area (TPSA) is 113 Å². The van der Waals surface area contributed by atoms with Gasteiger partial charge in [-0.2, -0.15) is 0 Å². The Morgan fingerprint density at radius 2 is 1.77 bits per heavy atom. The van der Waals surface area contributed by atoms with Crippen molar-refractivity contribution in [2.45, 2.75) is 55.1 Å². The number of ketones is 1. The van der Waals surface area contributed by atoms with Gasteiger partial charge in [-0.1, -0.05) is 50.2 Å². The van der Waals surface area contributed by atoms with E-state index in [0.717, 1.165) is 10.4 Å². The number of benzene rings is 2. The predicted molar refractivity (Wildman–Crippen MR) is 150 cm³/mol. The standard InChI is InChI=1S/C29H31N3O5S2/c1-18(2)15-23(31-28(34)20-12-10-19(11-13-20)25-9-6-14-38-25)29(35)32-26(16-22-27(32)24(33)17-30-22)39(36,37)21-7-4-3-5-8-21/h3-14,18,22-23,26-27,30H,15-17H2,1-2H3,(H,31,34). The molecule has 0 bridgehead atoms. The van der Waals surface area contributed by atoms with Crippen LogP contribution < -0.4 is 10.6 Å². The molecule has 2 fully saturated rings. The Morgan fingerprint density at radius 1 is 1.05 bits per heavy atom. The second-order valence-electron chi connectivity index (χ2n) is 10.4. The first-order valence-corrected chi connectivity index (χ1v) is 15.4. The molecule has 8 nitrogen and oxygen atoms in total. The number of likely N-dealkylation sites (tertiary alicyclic amines) is 1. The van der Waals surface area contributed by atoms with Crippen molar-refractivity contribution in [3.63, 3.8) is 0 Å². The second-order valence-corrected chi connectivity index (χ2v) is 13.5. The van der Waals surface area contributed by atoms with E-state index >= 15 is 0 Å². The number of sulfone groups is 1. The molecule has 1 aromatic heterocycles. The maximum Gasteiger partial charge on any atom is 0.251 e. The van der Waals surface area contributed by atoms with Gasteiger partial charge in [0.15, 0.2) is 15.6 Å². The van der Waals surface area contributed by atoms with Crippen LogP contribution in [0.3, 0.4) is 0 Å². The van der Waals surface area contributed by atoms with Gasteiger partial charge in [-0.15, -0.1) is 11.3 Å². The summed E-state index contributed by atoms with van der Waals surface area (Å²) in [5.41, 5.74) is 1.38. The molecule has 39 heavy (non-hydrogen) atoms. The quantitative estimate of drug-likeness (QED) is 0.432. The van der Waals surface area contributed by atoms with Crippen LogP contribution in [0.15, 0.2) is 77.0 Å². The third-order valence-electron chi connectivity index (χ3n) is 7.26. The molecule has 0 aliphatic carbocycles. The third kappa shape index (κ3) is 5.41. The fraction of sp³-hybridized carbons (Fsp3) is 0.345. The van der Waals surface area contributed by atoms with E-state index in [2.05, 4.69) is 10.6 Å². The molecule has 5 rings (SSSR count). The van der Waals surface area contributed by atoms with E-state index in [-0.39, 0.29) is 29.6 Å². The molecular weight excluding hydrogens is 534 g/mol. The summed E-state index contributed by atoms with van der Waals surface area (Å²) in [6, 6.07) is 16.7. The summed E-state index contributed by atoms with van der Waals surface area (Å²) in [4.78, 5) is 42.6. The van der Waals surface area contributed by atoms with Gasteiger partial charge in [0.05, 0.1) is 11.4 Å². The molecule has 10 heteroatoms. The number of Topliss-reactive ketones (excluding diaryl/α,β-unsaturated/α-hetero) is 1. The summed E-state index contributed by atoms with van der Waals surface area (Å²) >= 11 is 1.60. The van der Waals surface area contributed by atoms with Gasteiger partial charge in [-0.3, -0.25) is 14.4 Å². The van der Waals surface area contributed by atoms with Gasteiger partial charge in [0, 0.05) is 22.9 Å². The summed E-state index contributed by atoms with van der Waals surface area (Å²) in [5.74, 6) is -1.18. The Labute approximate surface area is 232 Å². The number of nitrogens with zero attached hydrogens (tertiary/aromatic N) is 1. The smallest absolute Gasteiger partial charge is 0.251 e. The summed E-state index contributed by atoms with van der Waals surface area (Å²) in [6.45, 7) is 3.93. The zero-order chi connectivity index (χ0) is 27.7.